The quantitative estimate of drug-likeness (QED) is 0.636. The number of aldehydes is 1. The Kier molecular flexibility index (Phi) is 6.78. The minimum absolute atomic E-state index is 0.358. The molecule has 5 nitrogen and oxygen atoms in total. The summed E-state index contributed by atoms with van der Waals surface area (Å²) in [6.45, 7) is 5.76. The summed E-state index contributed by atoms with van der Waals surface area (Å²) in [6.07, 6.45) is 2.70. The van der Waals surface area contributed by atoms with Crippen molar-refractivity contribution in [1.29, 1.82) is 0 Å². The van der Waals surface area contributed by atoms with Crippen molar-refractivity contribution in [2.45, 2.75) is 25.4 Å². The van der Waals surface area contributed by atoms with E-state index in [9.17, 15) is 9.90 Å². The van der Waals surface area contributed by atoms with Gasteiger partial charge in [0.05, 0.1) is 6.61 Å². The number of ether oxygens (including phenoxy) is 2. The van der Waals surface area contributed by atoms with Gasteiger partial charge in [0, 0.05) is 40.0 Å². The maximum atomic E-state index is 10.8. The first-order chi connectivity index (χ1) is 8.57. The highest BCUT2D eigenvalue weighted by Gasteiger charge is 2.25. The summed E-state index contributed by atoms with van der Waals surface area (Å²) in [5.74, 6) is 0.582. The topological polar surface area (TPSA) is 59.0 Å². The predicted octanol–water partition coefficient (Wildman–Crippen LogP) is 0.311. The van der Waals surface area contributed by atoms with Crippen LogP contribution in [0.2, 0.25) is 0 Å². The number of carbonyl (C=O) groups excluding carboxylic acids is 1. The first-order valence-electron chi connectivity index (χ1n) is 6.55. The van der Waals surface area contributed by atoms with E-state index in [4.69, 9.17) is 9.47 Å². The number of aliphatic hydroxyl groups is 1. The summed E-state index contributed by atoms with van der Waals surface area (Å²) in [6, 6.07) is 0. The van der Waals surface area contributed by atoms with E-state index in [-0.39, 0.29) is 0 Å². The Morgan fingerprint density at radius 2 is 2.17 bits per heavy atom. The molecular weight excluding hydrogens is 234 g/mol. The first-order valence-corrected chi connectivity index (χ1v) is 6.55. The van der Waals surface area contributed by atoms with Crippen molar-refractivity contribution in [3.05, 3.63) is 0 Å². The average Bonchev–Trinajstić information content (AvgIpc) is 2.37. The van der Waals surface area contributed by atoms with Crippen LogP contribution in [0.4, 0.5) is 0 Å². The van der Waals surface area contributed by atoms with E-state index < -0.39 is 5.60 Å². The Labute approximate surface area is 109 Å². The number of hydrogen-bond donors (Lipinski definition) is 1. The molecule has 1 aliphatic rings. The molecule has 0 saturated carbocycles. The molecule has 0 bridgehead atoms. The minimum Gasteiger partial charge on any atom is -0.383 e. The average molecular weight is 259 g/mol. The number of methoxy groups -OCH3 is 1. The molecule has 1 rings (SSSR count). The highest BCUT2D eigenvalue weighted by molar-refractivity contribution is 5.61. The third kappa shape index (κ3) is 5.91. The van der Waals surface area contributed by atoms with Crippen molar-refractivity contribution < 1.29 is 19.4 Å². The monoisotopic (exact) mass is 259 g/mol. The summed E-state index contributed by atoms with van der Waals surface area (Å²) >= 11 is 0. The fourth-order valence-electron chi connectivity index (χ4n) is 2.24. The van der Waals surface area contributed by atoms with Gasteiger partial charge in [0.25, 0.3) is 0 Å². The van der Waals surface area contributed by atoms with Crippen LogP contribution in [0.25, 0.3) is 0 Å². The van der Waals surface area contributed by atoms with E-state index in [1.165, 1.54) is 0 Å². The molecule has 1 N–H and O–H groups in total. The molecule has 1 saturated heterocycles. The highest BCUT2D eigenvalue weighted by Crippen LogP contribution is 2.17. The van der Waals surface area contributed by atoms with Crippen molar-refractivity contribution >= 4 is 6.29 Å². The maximum Gasteiger partial charge on any atom is 0.152 e. The van der Waals surface area contributed by atoms with Gasteiger partial charge >= 0.3 is 0 Å². The Bertz CT molecular complexity index is 239. The van der Waals surface area contributed by atoms with Gasteiger partial charge < -0.3 is 19.4 Å². The molecule has 0 aromatic heterocycles. The van der Waals surface area contributed by atoms with Gasteiger partial charge in [-0.25, -0.2) is 0 Å². The van der Waals surface area contributed by atoms with Crippen molar-refractivity contribution in [2.24, 2.45) is 5.92 Å². The van der Waals surface area contributed by atoms with Crippen molar-refractivity contribution in [1.82, 2.24) is 4.90 Å². The van der Waals surface area contributed by atoms with Gasteiger partial charge in [-0.2, -0.15) is 0 Å². The molecule has 1 fully saturated rings. The second-order valence-corrected chi connectivity index (χ2v) is 5.26. The Balaban J connectivity index is 2.45. The Morgan fingerprint density at radius 3 is 2.72 bits per heavy atom. The van der Waals surface area contributed by atoms with E-state index in [0.717, 1.165) is 39.1 Å². The third-order valence-electron chi connectivity index (χ3n) is 3.27. The molecule has 5 heteroatoms. The molecule has 0 aromatic carbocycles. The van der Waals surface area contributed by atoms with Crippen LogP contribution in [0.5, 0.6) is 0 Å². The fraction of sp³-hybridized carbons (Fsp3) is 0.923. The van der Waals surface area contributed by atoms with E-state index in [0.29, 0.717) is 25.4 Å². The smallest absolute Gasteiger partial charge is 0.152 e. The molecule has 0 spiro atoms. The van der Waals surface area contributed by atoms with Gasteiger partial charge in [-0.1, -0.05) is 0 Å². The normalized spacial score (nSPS) is 20.9. The lowest BCUT2D eigenvalue weighted by Gasteiger charge is -2.32. The van der Waals surface area contributed by atoms with Crippen molar-refractivity contribution in [2.75, 3.05) is 46.6 Å². The van der Waals surface area contributed by atoms with Crippen LogP contribution in [0.15, 0.2) is 0 Å². The van der Waals surface area contributed by atoms with Crippen LogP contribution in [0.3, 0.4) is 0 Å². The molecule has 1 atom stereocenters. The Morgan fingerprint density at radius 1 is 1.50 bits per heavy atom. The second-order valence-electron chi connectivity index (χ2n) is 5.26. The molecule has 1 heterocycles. The molecular formula is C13H25NO4. The second kappa shape index (κ2) is 7.84. The zero-order valence-corrected chi connectivity index (χ0v) is 11.4. The maximum absolute atomic E-state index is 10.8. The zero-order valence-electron chi connectivity index (χ0n) is 11.4. The SMILES string of the molecule is COCCN(CC1CCOCC1)CC(C)(O)C=O. The largest absolute Gasteiger partial charge is 0.383 e. The van der Waals surface area contributed by atoms with Crippen LogP contribution in [-0.4, -0.2) is 68.5 Å². The third-order valence-corrected chi connectivity index (χ3v) is 3.27. The van der Waals surface area contributed by atoms with Crippen molar-refractivity contribution in [3.63, 3.8) is 0 Å². The molecule has 0 radical (unpaired) electrons. The van der Waals surface area contributed by atoms with Crippen LogP contribution >= 0.6 is 0 Å². The molecule has 1 aliphatic heterocycles. The zero-order chi connectivity index (χ0) is 13.4. The van der Waals surface area contributed by atoms with E-state index in [1.54, 1.807) is 14.0 Å². The lowest BCUT2D eigenvalue weighted by atomic mass is 9.98. The van der Waals surface area contributed by atoms with Gasteiger partial charge in [-0.05, 0) is 25.7 Å². The molecule has 0 amide bonds. The van der Waals surface area contributed by atoms with E-state index >= 15 is 0 Å². The molecule has 1 unspecified atom stereocenters. The Hall–Kier alpha value is -0.490. The number of nitrogens with zero attached hydrogens (tertiary/aromatic N) is 1. The van der Waals surface area contributed by atoms with E-state index in [1.807, 2.05) is 0 Å². The summed E-state index contributed by atoms with van der Waals surface area (Å²) in [4.78, 5) is 12.9. The lowest BCUT2D eigenvalue weighted by molar-refractivity contribution is -0.124. The van der Waals surface area contributed by atoms with Gasteiger partial charge in [0.15, 0.2) is 6.29 Å². The standard InChI is InChI=1S/C13H25NO4/c1-13(16,11-15)10-14(5-8-17-2)9-12-3-6-18-7-4-12/h11-12,16H,3-10H2,1-2H3. The number of rotatable bonds is 8. The summed E-state index contributed by atoms with van der Waals surface area (Å²) in [5.41, 5.74) is -1.28. The van der Waals surface area contributed by atoms with Crippen molar-refractivity contribution in [3.8, 4) is 0 Å². The molecule has 0 aliphatic carbocycles. The van der Waals surface area contributed by atoms with Crippen LogP contribution < -0.4 is 0 Å². The minimum atomic E-state index is -1.28. The van der Waals surface area contributed by atoms with Crippen LogP contribution in [-0.2, 0) is 14.3 Å². The van der Waals surface area contributed by atoms with Crippen LogP contribution in [0, 0.1) is 5.92 Å². The lowest BCUT2D eigenvalue weighted by Crippen LogP contribution is -2.45. The summed E-state index contributed by atoms with van der Waals surface area (Å²) in [7, 11) is 1.66. The predicted molar refractivity (Wildman–Crippen MR) is 68.5 cm³/mol. The molecule has 0 aromatic rings. The summed E-state index contributed by atoms with van der Waals surface area (Å²) < 4.78 is 10.4. The number of carbonyl (C=O) groups is 1. The fourth-order valence-corrected chi connectivity index (χ4v) is 2.24. The van der Waals surface area contributed by atoms with Gasteiger partial charge in [-0.3, -0.25) is 4.90 Å². The van der Waals surface area contributed by atoms with Crippen LogP contribution in [0.1, 0.15) is 19.8 Å². The van der Waals surface area contributed by atoms with Gasteiger partial charge in [0.1, 0.15) is 5.60 Å². The first kappa shape index (κ1) is 15.6. The highest BCUT2D eigenvalue weighted by atomic mass is 16.5. The summed E-state index contributed by atoms with van der Waals surface area (Å²) in [5, 5.41) is 9.85. The molecule has 106 valence electrons. The molecule has 18 heavy (non-hydrogen) atoms. The number of hydrogen-bond acceptors (Lipinski definition) is 5. The van der Waals surface area contributed by atoms with Gasteiger partial charge in [0.2, 0.25) is 0 Å². The van der Waals surface area contributed by atoms with Gasteiger partial charge in [-0.15, -0.1) is 0 Å². The van der Waals surface area contributed by atoms with E-state index in [2.05, 4.69) is 4.90 Å².